The van der Waals surface area contributed by atoms with Gasteiger partial charge in [-0.3, -0.25) is 0 Å². The molecule has 0 amide bonds. The fourth-order valence-electron chi connectivity index (χ4n) is 0.889. The largest absolute Gasteiger partial charge is 0.488 e. The van der Waals surface area contributed by atoms with Gasteiger partial charge in [0.1, 0.15) is 19.2 Å². The van der Waals surface area contributed by atoms with Crippen molar-refractivity contribution in [3.63, 3.8) is 0 Å². The standard InChI is InChI=1S/C10H13BO/c1-10(2,3)12-9-6-4-8(11)5-7-9/h4-7H,1-3H3. The Morgan fingerprint density at radius 1 is 1.08 bits per heavy atom. The number of hydrogen-bond donors (Lipinski definition) is 0. The zero-order valence-electron chi connectivity index (χ0n) is 7.79. The van der Waals surface area contributed by atoms with Crippen molar-refractivity contribution in [3.05, 3.63) is 24.3 Å². The lowest BCUT2D eigenvalue weighted by molar-refractivity contribution is 0.131. The Morgan fingerprint density at radius 3 is 2.00 bits per heavy atom. The van der Waals surface area contributed by atoms with Crippen LogP contribution in [0.1, 0.15) is 20.8 Å². The Kier molecular flexibility index (Phi) is 2.46. The molecule has 62 valence electrons. The molecule has 0 heterocycles. The SMILES string of the molecule is [B]c1ccc(OC(C)(C)C)cc1. The molecule has 0 aliphatic rings. The third-order valence-corrected chi connectivity index (χ3v) is 1.30. The van der Waals surface area contributed by atoms with Crippen LogP contribution in [0.4, 0.5) is 0 Å². The maximum atomic E-state index is 5.60. The second-order valence-corrected chi connectivity index (χ2v) is 3.78. The first kappa shape index (κ1) is 9.18. The van der Waals surface area contributed by atoms with Gasteiger partial charge in [0.2, 0.25) is 0 Å². The van der Waals surface area contributed by atoms with Gasteiger partial charge in [-0.15, -0.1) is 0 Å². The summed E-state index contributed by atoms with van der Waals surface area (Å²) in [4.78, 5) is 0. The summed E-state index contributed by atoms with van der Waals surface area (Å²) in [5.41, 5.74) is 0.618. The Morgan fingerprint density at radius 2 is 1.58 bits per heavy atom. The molecular weight excluding hydrogens is 147 g/mol. The van der Waals surface area contributed by atoms with Gasteiger partial charge in [-0.1, -0.05) is 17.6 Å². The third kappa shape index (κ3) is 2.99. The predicted molar refractivity (Wildman–Crippen MR) is 52.2 cm³/mol. The van der Waals surface area contributed by atoms with E-state index in [0.29, 0.717) is 0 Å². The van der Waals surface area contributed by atoms with E-state index in [9.17, 15) is 0 Å². The molecule has 0 fully saturated rings. The first-order valence-corrected chi connectivity index (χ1v) is 4.02. The molecule has 0 aliphatic heterocycles. The summed E-state index contributed by atoms with van der Waals surface area (Å²) in [7, 11) is 5.53. The van der Waals surface area contributed by atoms with Crippen LogP contribution in [0, 0.1) is 0 Å². The maximum absolute atomic E-state index is 5.60. The van der Waals surface area contributed by atoms with Crippen LogP contribution in [0.15, 0.2) is 24.3 Å². The minimum Gasteiger partial charge on any atom is -0.488 e. The lowest BCUT2D eigenvalue weighted by Gasteiger charge is -2.21. The van der Waals surface area contributed by atoms with Gasteiger partial charge in [-0.05, 0) is 32.9 Å². The van der Waals surface area contributed by atoms with Crippen LogP contribution in [0.2, 0.25) is 0 Å². The Balaban J connectivity index is 2.71. The molecular formula is C10H13BO. The average molecular weight is 160 g/mol. The lowest BCUT2D eigenvalue weighted by atomic mass is 9.97. The van der Waals surface area contributed by atoms with Crippen molar-refractivity contribution in [2.24, 2.45) is 0 Å². The fourth-order valence-corrected chi connectivity index (χ4v) is 0.889. The van der Waals surface area contributed by atoms with E-state index in [-0.39, 0.29) is 5.60 Å². The summed E-state index contributed by atoms with van der Waals surface area (Å²) < 4.78 is 5.60. The minimum atomic E-state index is -0.143. The van der Waals surface area contributed by atoms with Gasteiger partial charge in [0.25, 0.3) is 0 Å². The zero-order valence-corrected chi connectivity index (χ0v) is 7.79. The van der Waals surface area contributed by atoms with Crippen molar-refractivity contribution >= 4 is 13.3 Å². The topological polar surface area (TPSA) is 9.23 Å². The molecule has 1 aromatic rings. The molecule has 2 heteroatoms. The van der Waals surface area contributed by atoms with E-state index in [1.54, 1.807) is 0 Å². The smallest absolute Gasteiger partial charge is 0.120 e. The molecule has 0 saturated carbocycles. The molecule has 0 atom stereocenters. The molecule has 1 rings (SSSR count). The van der Waals surface area contributed by atoms with E-state index in [4.69, 9.17) is 12.6 Å². The van der Waals surface area contributed by atoms with Crippen molar-refractivity contribution < 1.29 is 4.74 Å². The van der Waals surface area contributed by atoms with Crippen LogP contribution in [0.5, 0.6) is 5.75 Å². The number of ether oxygens (including phenoxy) is 1. The van der Waals surface area contributed by atoms with Crippen LogP contribution >= 0.6 is 0 Å². The van der Waals surface area contributed by atoms with Crippen molar-refractivity contribution in [2.75, 3.05) is 0 Å². The summed E-state index contributed by atoms with van der Waals surface area (Å²) in [6, 6.07) is 7.42. The molecule has 0 spiro atoms. The monoisotopic (exact) mass is 160 g/mol. The molecule has 1 nitrogen and oxygen atoms in total. The Labute approximate surface area is 75.2 Å². The van der Waals surface area contributed by atoms with Crippen molar-refractivity contribution in [1.82, 2.24) is 0 Å². The van der Waals surface area contributed by atoms with Crippen LogP contribution in [-0.2, 0) is 0 Å². The molecule has 0 aliphatic carbocycles. The van der Waals surface area contributed by atoms with Crippen LogP contribution < -0.4 is 10.2 Å². The maximum Gasteiger partial charge on any atom is 0.120 e. The molecule has 0 aromatic heterocycles. The van der Waals surface area contributed by atoms with Gasteiger partial charge in [0.15, 0.2) is 0 Å². The van der Waals surface area contributed by atoms with E-state index < -0.39 is 0 Å². The zero-order chi connectivity index (χ0) is 9.19. The number of hydrogen-bond acceptors (Lipinski definition) is 1. The molecule has 1 aromatic carbocycles. The van der Waals surface area contributed by atoms with Crippen LogP contribution in [0.25, 0.3) is 0 Å². The summed E-state index contributed by atoms with van der Waals surface area (Å²) in [5, 5.41) is 0. The number of rotatable bonds is 1. The summed E-state index contributed by atoms with van der Waals surface area (Å²) in [5.74, 6) is 0.858. The quantitative estimate of drug-likeness (QED) is 0.567. The van der Waals surface area contributed by atoms with E-state index in [0.717, 1.165) is 11.2 Å². The summed E-state index contributed by atoms with van der Waals surface area (Å²) in [6.07, 6.45) is 0. The molecule has 0 saturated heterocycles. The van der Waals surface area contributed by atoms with E-state index in [1.807, 2.05) is 45.0 Å². The van der Waals surface area contributed by atoms with Gasteiger partial charge >= 0.3 is 0 Å². The molecule has 12 heavy (non-hydrogen) atoms. The highest BCUT2D eigenvalue weighted by atomic mass is 16.5. The van der Waals surface area contributed by atoms with Gasteiger partial charge in [0.05, 0.1) is 0 Å². The molecule has 0 unspecified atom stereocenters. The molecule has 0 bridgehead atoms. The Bertz CT molecular complexity index is 246. The van der Waals surface area contributed by atoms with Crippen molar-refractivity contribution in [3.8, 4) is 5.75 Å². The highest BCUT2D eigenvalue weighted by molar-refractivity contribution is 6.32. The fraction of sp³-hybridized carbons (Fsp3) is 0.400. The second kappa shape index (κ2) is 3.22. The second-order valence-electron chi connectivity index (χ2n) is 3.78. The van der Waals surface area contributed by atoms with Gasteiger partial charge in [0, 0.05) is 0 Å². The first-order chi connectivity index (χ1) is 5.47. The lowest BCUT2D eigenvalue weighted by Crippen LogP contribution is -2.23. The van der Waals surface area contributed by atoms with E-state index in [2.05, 4.69) is 0 Å². The molecule has 2 radical (unpaired) electrons. The third-order valence-electron chi connectivity index (χ3n) is 1.30. The van der Waals surface area contributed by atoms with E-state index >= 15 is 0 Å². The van der Waals surface area contributed by atoms with Crippen LogP contribution in [0.3, 0.4) is 0 Å². The van der Waals surface area contributed by atoms with Crippen LogP contribution in [-0.4, -0.2) is 13.4 Å². The van der Waals surface area contributed by atoms with Gasteiger partial charge < -0.3 is 4.74 Å². The highest BCUT2D eigenvalue weighted by Gasteiger charge is 2.10. The Hall–Kier alpha value is -0.915. The van der Waals surface area contributed by atoms with Gasteiger partial charge in [-0.25, -0.2) is 0 Å². The molecule has 0 N–H and O–H groups in total. The van der Waals surface area contributed by atoms with Crippen molar-refractivity contribution in [2.45, 2.75) is 26.4 Å². The normalized spacial score (nSPS) is 11.2. The predicted octanol–water partition coefficient (Wildman–Crippen LogP) is 1.66. The van der Waals surface area contributed by atoms with E-state index in [1.165, 1.54) is 0 Å². The highest BCUT2D eigenvalue weighted by Crippen LogP contribution is 2.15. The number of benzene rings is 1. The summed E-state index contributed by atoms with van der Waals surface area (Å²) >= 11 is 0. The summed E-state index contributed by atoms with van der Waals surface area (Å²) in [6.45, 7) is 6.05. The minimum absolute atomic E-state index is 0.143. The first-order valence-electron chi connectivity index (χ1n) is 4.02. The van der Waals surface area contributed by atoms with Gasteiger partial charge in [-0.2, -0.15) is 0 Å². The average Bonchev–Trinajstić information content (AvgIpc) is 1.91. The van der Waals surface area contributed by atoms with Crippen molar-refractivity contribution in [1.29, 1.82) is 0 Å².